The van der Waals surface area contributed by atoms with Gasteiger partial charge in [0.15, 0.2) is 0 Å². The molecule has 0 radical (unpaired) electrons. The van der Waals surface area contributed by atoms with Crippen molar-refractivity contribution in [2.45, 2.75) is 39.8 Å². The summed E-state index contributed by atoms with van der Waals surface area (Å²) in [5, 5.41) is 3.57. The summed E-state index contributed by atoms with van der Waals surface area (Å²) in [6, 6.07) is 7.17. The molecule has 0 aliphatic rings. The van der Waals surface area contributed by atoms with Gasteiger partial charge in [-0.1, -0.05) is 41.9 Å². The van der Waals surface area contributed by atoms with Gasteiger partial charge in [0.25, 0.3) is 0 Å². The van der Waals surface area contributed by atoms with Crippen LogP contribution >= 0.6 is 15.9 Å². The number of aryl methyl sites for hydroxylation is 1. The van der Waals surface area contributed by atoms with Gasteiger partial charge in [0.1, 0.15) is 0 Å². The molecular formula is C16H27BrN2. The predicted molar refractivity (Wildman–Crippen MR) is 87.5 cm³/mol. The van der Waals surface area contributed by atoms with Gasteiger partial charge in [0.2, 0.25) is 0 Å². The summed E-state index contributed by atoms with van der Waals surface area (Å²) in [6.07, 6.45) is 1.23. The third-order valence-electron chi connectivity index (χ3n) is 3.42. The molecule has 0 heterocycles. The van der Waals surface area contributed by atoms with Crippen LogP contribution in [0.4, 0.5) is 0 Å². The van der Waals surface area contributed by atoms with Crippen LogP contribution in [0.1, 0.15) is 31.4 Å². The Bertz CT molecular complexity index is 388. The molecule has 1 atom stereocenters. The minimum absolute atomic E-state index is 0.605. The minimum atomic E-state index is 0.605. The Labute approximate surface area is 126 Å². The van der Waals surface area contributed by atoms with E-state index in [1.165, 1.54) is 22.0 Å². The number of rotatable bonds is 7. The number of halogens is 1. The number of nitrogens with zero attached hydrogens (tertiary/aromatic N) is 1. The van der Waals surface area contributed by atoms with Crippen LogP contribution in [0.15, 0.2) is 22.7 Å². The molecule has 0 saturated heterocycles. The van der Waals surface area contributed by atoms with E-state index in [1.54, 1.807) is 0 Å². The Morgan fingerprint density at radius 3 is 2.47 bits per heavy atom. The summed E-state index contributed by atoms with van der Waals surface area (Å²) in [5.41, 5.74) is 2.62. The van der Waals surface area contributed by atoms with E-state index in [4.69, 9.17) is 0 Å². The second-order valence-electron chi connectivity index (χ2n) is 5.96. The van der Waals surface area contributed by atoms with E-state index in [0.717, 1.165) is 19.0 Å². The summed E-state index contributed by atoms with van der Waals surface area (Å²) in [7, 11) is 4.33. The van der Waals surface area contributed by atoms with E-state index in [0.29, 0.717) is 6.04 Å². The smallest absolute Gasteiger partial charge is 0.0217 e. The van der Waals surface area contributed by atoms with Crippen molar-refractivity contribution in [2.24, 2.45) is 5.92 Å². The maximum Gasteiger partial charge on any atom is 0.0217 e. The van der Waals surface area contributed by atoms with Crippen LogP contribution in [0.25, 0.3) is 0 Å². The number of benzene rings is 1. The average molecular weight is 327 g/mol. The van der Waals surface area contributed by atoms with Gasteiger partial charge in [-0.15, -0.1) is 0 Å². The fraction of sp³-hybridized carbons (Fsp3) is 0.625. The highest BCUT2D eigenvalue weighted by atomic mass is 79.9. The van der Waals surface area contributed by atoms with Crippen LogP contribution in [-0.4, -0.2) is 31.6 Å². The van der Waals surface area contributed by atoms with Gasteiger partial charge in [-0.2, -0.15) is 0 Å². The third kappa shape index (κ3) is 6.07. The van der Waals surface area contributed by atoms with Gasteiger partial charge in [-0.05, 0) is 50.6 Å². The third-order valence-corrected chi connectivity index (χ3v) is 4.27. The number of nitrogens with one attached hydrogen (secondary N) is 1. The van der Waals surface area contributed by atoms with Crippen molar-refractivity contribution in [3.05, 3.63) is 33.8 Å². The molecule has 0 fully saturated rings. The quantitative estimate of drug-likeness (QED) is 0.819. The van der Waals surface area contributed by atoms with Crippen LogP contribution in [0, 0.1) is 12.8 Å². The second-order valence-corrected chi connectivity index (χ2v) is 6.82. The molecule has 3 heteroatoms. The number of hydrogen-bond acceptors (Lipinski definition) is 2. The van der Waals surface area contributed by atoms with Gasteiger partial charge in [0.05, 0.1) is 0 Å². The SMILES string of the molecule is Cc1ccc(CNCC(CC(C)C)N(C)C)cc1Br. The Balaban J connectivity index is 2.45. The van der Waals surface area contributed by atoms with Gasteiger partial charge < -0.3 is 10.2 Å². The molecule has 0 bridgehead atoms. The molecule has 2 nitrogen and oxygen atoms in total. The maximum atomic E-state index is 3.59. The highest BCUT2D eigenvalue weighted by molar-refractivity contribution is 9.10. The Morgan fingerprint density at radius 1 is 1.26 bits per heavy atom. The highest BCUT2D eigenvalue weighted by Gasteiger charge is 2.12. The minimum Gasteiger partial charge on any atom is -0.311 e. The van der Waals surface area contributed by atoms with Crippen LogP contribution in [-0.2, 0) is 6.54 Å². The Kier molecular flexibility index (Phi) is 7.05. The zero-order valence-corrected chi connectivity index (χ0v) is 14.4. The van der Waals surface area contributed by atoms with Crippen molar-refractivity contribution < 1.29 is 0 Å². The first kappa shape index (κ1) is 16.7. The van der Waals surface area contributed by atoms with Gasteiger partial charge in [-0.3, -0.25) is 0 Å². The normalized spacial score (nSPS) is 13.3. The summed E-state index contributed by atoms with van der Waals surface area (Å²) >= 11 is 3.59. The molecule has 108 valence electrons. The molecule has 0 aliphatic heterocycles. The molecule has 1 N–H and O–H groups in total. The molecule has 19 heavy (non-hydrogen) atoms. The monoisotopic (exact) mass is 326 g/mol. The lowest BCUT2D eigenvalue weighted by Crippen LogP contribution is -2.38. The first-order valence-electron chi connectivity index (χ1n) is 7.02. The van der Waals surface area contributed by atoms with E-state index >= 15 is 0 Å². The van der Waals surface area contributed by atoms with Gasteiger partial charge in [-0.25, -0.2) is 0 Å². The zero-order valence-electron chi connectivity index (χ0n) is 12.8. The maximum absolute atomic E-state index is 3.59. The molecule has 0 aromatic heterocycles. The molecule has 0 spiro atoms. The summed E-state index contributed by atoms with van der Waals surface area (Å²) in [5.74, 6) is 0.739. The Hall–Kier alpha value is -0.380. The molecule has 1 rings (SSSR count). The van der Waals surface area contributed by atoms with Crippen LogP contribution in [0.2, 0.25) is 0 Å². The van der Waals surface area contributed by atoms with E-state index in [2.05, 4.69) is 79.2 Å². The first-order valence-corrected chi connectivity index (χ1v) is 7.81. The molecular weight excluding hydrogens is 300 g/mol. The van der Waals surface area contributed by atoms with E-state index in [-0.39, 0.29) is 0 Å². The van der Waals surface area contributed by atoms with Crippen LogP contribution < -0.4 is 5.32 Å². The lowest BCUT2D eigenvalue weighted by atomic mass is 10.0. The van der Waals surface area contributed by atoms with Gasteiger partial charge >= 0.3 is 0 Å². The number of hydrogen-bond donors (Lipinski definition) is 1. The standard InChI is InChI=1S/C16H27BrN2/c1-12(2)8-15(19(4)5)11-18-10-14-7-6-13(3)16(17)9-14/h6-7,9,12,15,18H,8,10-11H2,1-5H3. The highest BCUT2D eigenvalue weighted by Crippen LogP contribution is 2.17. The van der Waals surface area contributed by atoms with Gasteiger partial charge in [0, 0.05) is 23.6 Å². The molecule has 0 aliphatic carbocycles. The van der Waals surface area contributed by atoms with E-state index < -0.39 is 0 Å². The van der Waals surface area contributed by atoms with Crippen molar-refractivity contribution in [1.29, 1.82) is 0 Å². The van der Waals surface area contributed by atoms with Crippen molar-refractivity contribution in [3.63, 3.8) is 0 Å². The van der Waals surface area contributed by atoms with Crippen LogP contribution in [0.3, 0.4) is 0 Å². The van der Waals surface area contributed by atoms with Crippen LogP contribution in [0.5, 0.6) is 0 Å². The van der Waals surface area contributed by atoms with Crippen molar-refractivity contribution in [2.75, 3.05) is 20.6 Å². The molecule has 0 saturated carbocycles. The molecule has 0 amide bonds. The zero-order chi connectivity index (χ0) is 14.4. The van der Waals surface area contributed by atoms with Crippen molar-refractivity contribution in [3.8, 4) is 0 Å². The topological polar surface area (TPSA) is 15.3 Å². The predicted octanol–water partition coefficient (Wildman–Crippen LogP) is 3.82. The number of likely N-dealkylation sites (N-methyl/N-ethyl adjacent to an activating group) is 1. The first-order chi connectivity index (χ1) is 8.90. The molecule has 1 unspecified atom stereocenters. The van der Waals surface area contributed by atoms with Crippen molar-refractivity contribution >= 4 is 15.9 Å². The lowest BCUT2D eigenvalue weighted by molar-refractivity contribution is 0.246. The largest absolute Gasteiger partial charge is 0.311 e. The Morgan fingerprint density at radius 2 is 1.95 bits per heavy atom. The summed E-state index contributed by atoms with van der Waals surface area (Å²) in [4.78, 5) is 2.32. The average Bonchev–Trinajstić information content (AvgIpc) is 2.31. The second kappa shape index (κ2) is 8.03. The molecule has 1 aromatic rings. The lowest BCUT2D eigenvalue weighted by Gasteiger charge is -2.26. The van der Waals surface area contributed by atoms with E-state index in [9.17, 15) is 0 Å². The summed E-state index contributed by atoms with van der Waals surface area (Å²) in [6.45, 7) is 8.66. The summed E-state index contributed by atoms with van der Waals surface area (Å²) < 4.78 is 1.19. The van der Waals surface area contributed by atoms with E-state index in [1.807, 2.05) is 0 Å². The molecule has 1 aromatic carbocycles. The fourth-order valence-electron chi connectivity index (χ4n) is 2.15. The van der Waals surface area contributed by atoms with Crippen molar-refractivity contribution in [1.82, 2.24) is 10.2 Å². The fourth-order valence-corrected chi connectivity index (χ4v) is 2.58.